The van der Waals surface area contributed by atoms with Crippen molar-refractivity contribution in [1.29, 1.82) is 0 Å². The zero-order valence-electron chi connectivity index (χ0n) is 13.7. The van der Waals surface area contributed by atoms with Crippen LogP contribution in [-0.4, -0.2) is 11.9 Å². The monoisotopic (exact) mass is 287 g/mol. The molecule has 0 heterocycles. The molecule has 0 radical (unpaired) electrons. The Morgan fingerprint density at radius 2 is 1.81 bits per heavy atom. The molecular formula is C19H29NO. The van der Waals surface area contributed by atoms with Crippen LogP contribution < -0.4 is 5.32 Å². The number of amides is 1. The number of nitrogens with one attached hydrogen (secondary N) is 1. The van der Waals surface area contributed by atoms with E-state index in [0.29, 0.717) is 11.5 Å². The maximum atomic E-state index is 12.0. The van der Waals surface area contributed by atoms with E-state index in [1.165, 1.54) is 18.4 Å². The van der Waals surface area contributed by atoms with E-state index >= 15 is 0 Å². The van der Waals surface area contributed by atoms with Gasteiger partial charge < -0.3 is 5.32 Å². The number of hydrogen-bond acceptors (Lipinski definition) is 1. The average Bonchev–Trinajstić information content (AvgIpc) is 2.48. The lowest BCUT2D eigenvalue weighted by Gasteiger charge is -2.28. The first-order valence-electron chi connectivity index (χ1n) is 8.11. The highest BCUT2D eigenvalue weighted by Gasteiger charge is 2.23. The molecule has 0 fully saturated rings. The van der Waals surface area contributed by atoms with Crippen molar-refractivity contribution in [3.63, 3.8) is 0 Å². The molecule has 1 amide bonds. The van der Waals surface area contributed by atoms with Crippen molar-refractivity contribution in [1.82, 2.24) is 5.32 Å². The van der Waals surface area contributed by atoms with Crippen LogP contribution in [0.5, 0.6) is 0 Å². The van der Waals surface area contributed by atoms with Crippen LogP contribution in [0.25, 0.3) is 0 Å². The van der Waals surface area contributed by atoms with Gasteiger partial charge >= 0.3 is 0 Å². The molecule has 2 nitrogen and oxygen atoms in total. The Morgan fingerprint density at radius 1 is 1.14 bits per heavy atom. The van der Waals surface area contributed by atoms with Gasteiger partial charge in [-0.1, -0.05) is 70.0 Å². The summed E-state index contributed by atoms with van der Waals surface area (Å²) in [6.45, 7) is 9.90. The first-order valence-corrected chi connectivity index (χ1v) is 8.11. The van der Waals surface area contributed by atoms with Gasteiger partial charge in [0.2, 0.25) is 5.91 Å². The smallest absolute Gasteiger partial charge is 0.246 e. The zero-order chi connectivity index (χ0) is 15.7. The van der Waals surface area contributed by atoms with E-state index in [1.807, 2.05) is 6.07 Å². The molecule has 0 spiro atoms. The molecule has 1 aromatic carbocycles. The van der Waals surface area contributed by atoms with Crippen LogP contribution in [0.15, 0.2) is 42.5 Å². The molecule has 0 bridgehead atoms. The first-order chi connectivity index (χ1) is 10.1. The lowest BCUT2D eigenvalue weighted by Crippen LogP contribution is -2.39. The minimum atomic E-state index is -0.0223. The minimum Gasteiger partial charge on any atom is -0.349 e. The fourth-order valence-electron chi connectivity index (χ4n) is 2.70. The van der Waals surface area contributed by atoms with Gasteiger partial charge in [0.1, 0.15) is 0 Å². The third-order valence-electron chi connectivity index (χ3n) is 3.89. The van der Waals surface area contributed by atoms with Crippen LogP contribution in [0.3, 0.4) is 0 Å². The highest BCUT2D eigenvalue weighted by molar-refractivity contribution is 5.92. The topological polar surface area (TPSA) is 29.1 Å². The first kappa shape index (κ1) is 17.5. The Kier molecular flexibility index (Phi) is 7.81. The number of unbranched alkanes of at least 4 members (excludes halogenated alkanes) is 1. The number of benzene rings is 1. The Hall–Kier alpha value is -1.57. The maximum absolute atomic E-state index is 12.0. The van der Waals surface area contributed by atoms with Gasteiger partial charge in [-0.25, -0.2) is 0 Å². The van der Waals surface area contributed by atoms with E-state index < -0.39 is 0 Å². The fraction of sp³-hybridized carbons (Fsp3) is 0.526. The van der Waals surface area contributed by atoms with Gasteiger partial charge in [0.15, 0.2) is 0 Å². The second-order valence-electron chi connectivity index (χ2n) is 5.81. The summed E-state index contributed by atoms with van der Waals surface area (Å²) < 4.78 is 0. The summed E-state index contributed by atoms with van der Waals surface area (Å²) in [7, 11) is 0. The number of carbonyl (C=O) groups is 1. The second kappa shape index (κ2) is 9.38. The van der Waals surface area contributed by atoms with Crippen molar-refractivity contribution in [3.8, 4) is 0 Å². The van der Waals surface area contributed by atoms with E-state index in [0.717, 1.165) is 19.3 Å². The van der Waals surface area contributed by atoms with Gasteiger partial charge in [-0.2, -0.15) is 0 Å². The third-order valence-corrected chi connectivity index (χ3v) is 3.89. The molecule has 0 saturated heterocycles. The van der Waals surface area contributed by atoms with Crippen LogP contribution >= 0.6 is 0 Å². The van der Waals surface area contributed by atoms with Crippen molar-refractivity contribution >= 4 is 5.91 Å². The van der Waals surface area contributed by atoms with Gasteiger partial charge in [-0.3, -0.25) is 4.79 Å². The van der Waals surface area contributed by atoms with Crippen LogP contribution in [0.1, 0.15) is 64.4 Å². The molecular weight excluding hydrogens is 258 g/mol. The van der Waals surface area contributed by atoms with Crippen molar-refractivity contribution in [3.05, 3.63) is 48.0 Å². The Bertz CT molecular complexity index is 438. The predicted molar refractivity (Wildman–Crippen MR) is 90.4 cm³/mol. The summed E-state index contributed by atoms with van der Waals surface area (Å²) in [6, 6.07) is 10.7. The third kappa shape index (κ3) is 5.74. The van der Waals surface area contributed by atoms with Crippen LogP contribution in [0.2, 0.25) is 0 Å². The van der Waals surface area contributed by atoms with E-state index in [-0.39, 0.29) is 11.9 Å². The molecule has 0 aliphatic rings. The zero-order valence-corrected chi connectivity index (χ0v) is 13.7. The number of hydrogen-bond donors (Lipinski definition) is 1. The van der Waals surface area contributed by atoms with E-state index in [2.05, 4.69) is 50.0 Å². The summed E-state index contributed by atoms with van der Waals surface area (Å²) in [5.41, 5.74) is 1.91. The molecule has 0 saturated carbocycles. The van der Waals surface area contributed by atoms with Crippen molar-refractivity contribution < 1.29 is 4.79 Å². The van der Waals surface area contributed by atoms with E-state index in [9.17, 15) is 4.79 Å². The van der Waals surface area contributed by atoms with Gasteiger partial charge in [0, 0.05) is 17.5 Å². The Balaban J connectivity index is 2.94. The molecule has 0 aromatic heterocycles. The normalized spacial score (nSPS) is 13.5. The standard InChI is InChI=1S/C19H29NO/c1-5-7-14-17(16-12-9-8-10-13-16)18(11-6-2)20-19(21)15(3)4/h8-10,12-13,17-18H,3,5-7,11,14H2,1-2,4H3,(H,20,21). The lowest BCUT2D eigenvalue weighted by molar-refractivity contribution is -0.118. The van der Waals surface area contributed by atoms with Gasteiger partial charge in [0.25, 0.3) is 0 Å². The average molecular weight is 287 g/mol. The van der Waals surface area contributed by atoms with Crippen molar-refractivity contribution in [2.24, 2.45) is 0 Å². The molecule has 2 unspecified atom stereocenters. The van der Waals surface area contributed by atoms with E-state index in [1.54, 1.807) is 6.92 Å². The van der Waals surface area contributed by atoms with Crippen LogP contribution in [-0.2, 0) is 4.79 Å². The Labute approximate surface area is 129 Å². The highest BCUT2D eigenvalue weighted by atomic mass is 16.1. The van der Waals surface area contributed by atoms with Crippen LogP contribution in [0, 0.1) is 0 Å². The molecule has 1 aromatic rings. The summed E-state index contributed by atoms with van der Waals surface area (Å²) in [6.07, 6.45) is 5.54. The second-order valence-corrected chi connectivity index (χ2v) is 5.81. The molecule has 1 N–H and O–H groups in total. The SMILES string of the molecule is C=C(C)C(=O)NC(CCC)C(CCCC)c1ccccc1. The molecule has 1 rings (SSSR count). The number of rotatable bonds is 9. The predicted octanol–water partition coefficient (Wildman–Crippen LogP) is 4.82. The van der Waals surface area contributed by atoms with Crippen molar-refractivity contribution in [2.45, 2.75) is 64.8 Å². The largest absolute Gasteiger partial charge is 0.349 e. The van der Waals surface area contributed by atoms with Crippen molar-refractivity contribution in [2.75, 3.05) is 0 Å². The highest BCUT2D eigenvalue weighted by Crippen LogP contribution is 2.28. The molecule has 0 aliphatic carbocycles. The summed E-state index contributed by atoms with van der Waals surface area (Å²) in [5, 5.41) is 3.19. The fourth-order valence-corrected chi connectivity index (χ4v) is 2.70. The van der Waals surface area contributed by atoms with Crippen LogP contribution in [0.4, 0.5) is 0 Å². The van der Waals surface area contributed by atoms with Gasteiger partial charge in [-0.15, -0.1) is 0 Å². The lowest BCUT2D eigenvalue weighted by atomic mass is 9.84. The molecule has 0 aliphatic heterocycles. The molecule has 2 heteroatoms. The maximum Gasteiger partial charge on any atom is 0.246 e. The van der Waals surface area contributed by atoms with Gasteiger partial charge in [-0.05, 0) is 25.3 Å². The summed E-state index contributed by atoms with van der Waals surface area (Å²) in [4.78, 5) is 12.0. The summed E-state index contributed by atoms with van der Waals surface area (Å²) >= 11 is 0. The van der Waals surface area contributed by atoms with E-state index in [4.69, 9.17) is 0 Å². The summed E-state index contributed by atoms with van der Waals surface area (Å²) in [5.74, 6) is 0.361. The quantitative estimate of drug-likeness (QED) is 0.648. The molecule has 2 atom stereocenters. The Morgan fingerprint density at radius 3 is 2.33 bits per heavy atom. The number of carbonyl (C=O) groups excluding carboxylic acids is 1. The minimum absolute atomic E-state index is 0.0223. The molecule has 21 heavy (non-hydrogen) atoms. The molecule has 116 valence electrons. The van der Waals surface area contributed by atoms with Gasteiger partial charge in [0.05, 0.1) is 0 Å².